The fourth-order valence-corrected chi connectivity index (χ4v) is 4.57. The normalized spacial score (nSPS) is 12.4. The average molecular weight is 396 g/mol. The van der Waals surface area contributed by atoms with Crippen molar-refractivity contribution >= 4 is 34.8 Å². The van der Waals surface area contributed by atoms with E-state index in [4.69, 9.17) is 4.98 Å². The summed E-state index contributed by atoms with van der Waals surface area (Å²) in [5, 5.41) is 1.64. The van der Waals surface area contributed by atoms with Crippen molar-refractivity contribution < 1.29 is 0 Å². The van der Waals surface area contributed by atoms with E-state index in [1.165, 1.54) is 22.1 Å². The van der Waals surface area contributed by atoms with Crippen molar-refractivity contribution in [3.05, 3.63) is 113 Å². The zero-order valence-electron chi connectivity index (χ0n) is 16.7. The lowest BCUT2D eigenvalue weighted by molar-refractivity contribution is 0.931. The number of hydrogen-bond acceptors (Lipinski definition) is 2. The second-order valence-corrected chi connectivity index (χ2v) is 8.55. The molecule has 1 aromatic heterocycles. The first-order valence-electron chi connectivity index (χ1n) is 10.1. The number of benzene rings is 3. The molecule has 2 heteroatoms. The second kappa shape index (κ2) is 9.58. The van der Waals surface area contributed by atoms with Crippen LogP contribution in [0.15, 0.2) is 91.0 Å². The molecule has 29 heavy (non-hydrogen) atoms. The predicted molar refractivity (Wildman–Crippen MR) is 128 cm³/mol. The summed E-state index contributed by atoms with van der Waals surface area (Å²) in [6.07, 6.45) is 5.32. The maximum absolute atomic E-state index is 4.74. The minimum atomic E-state index is 0.467. The van der Waals surface area contributed by atoms with Gasteiger partial charge in [-0.3, -0.25) is 0 Å². The molecular formula is C27H25NS. The summed E-state index contributed by atoms with van der Waals surface area (Å²) in [6.45, 7) is 2.23. The van der Waals surface area contributed by atoms with Crippen LogP contribution in [0.3, 0.4) is 0 Å². The van der Waals surface area contributed by atoms with Crippen LogP contribution in [0.5, 0.6) is 0 Å². The number of pyridine rings is 1. The fraction of sp³-hybridized carbons (Fsp3) is 0.148. The van der Waals surface area contributed by atoms with Crippen LogP contribution >= 0.6 is 11.8 Å². The van der Waals surface area contributed by atoms with E-state index in [0.717, 1.165) is 23.4 Å². The van der Waals surface area contributed by atoms with Crippen LogP contribution < -0.4 is 0 Å². The van der Waals surface area contributed by atoms with Gasteiger partial charge in [-0.05, 0) is 47.1 Å². The first kappa shape index (κ1) is 19.5. The minimum absolute atomic E-state index is 0.467. The maximum atomic E-state index is 4.74. The van der Waals surface area contributed by atoms with Crippen LogP contribution in [0.4, 0.5) is 0 Å². The van der Waals surface area contributed by atoms with Crippen molar-refractivity contribution in [3.8, 4) is 0 Å². The number of aromatic nitrogens is 1. The Balaban J connectivity index is 1.55. The number of para-hydroxylation sites is 1. The van der Waals surface area contributed by atoms with Crippen molar-refractivity contribution in [1.29, 1.82) is 0 Å². The predicted octanol–water partition coefficient (Wildman–Crippen LogP) is 7.44. The summed E-state index contributed by atoms with van der Waals surface area (Å²) in [7, 11) is 0. The maximum Gasteiger partial charge on any atom is 0.0709 e. The Labute approximate surface area is 177 Å². The van der Waals surface area contributed by atoms with Gasteiger partial charge in [0.25, 0.3) is 0 Å². The molecule has 0 aliphatic heterocycles. The van der Waals surface area contributed by atoms with Crippen LogP contribution in [0, 0.1) is 0 Å². The zero-order chi connectivity index (χ0) is 19.9. The van der Waals surface area contributed by atoms with E-state index in [1.807, 2.05) is 23.9 Å². The van der Waals surface area contributed by atoms with Crippen molar-refractivity contribution in [2.45, 2.75) is 18.6 Å². The molecule has 0 bridgehead atoms. The lowest BCUT2D eigenvalue weighted by atomic mass is 10.0. The zero-order valence-corrected chi connectivity index (χ0v) is 17.5. The number of nitrogens with zero attached hydrogens (tertiary/aromatic N) is 1. The summed E-state index contributed by atoms with van der Waals surface area (Å²) in [4.78, 5) is 4.74. The lowest BCUT2D eigenvalue weighted by Gasteiger charge is -2.17. The van der Waals surface area contributed by atoms with Crippen molar-refractivity contribution in [2.24, 2.45) is 0 Å². The van der Waals surface area contributed by atoms with Crippen molar-refractivity contribution in [2.75, 3.05) is 5.75 Å². The molecule has 1 nitrogen and oxygen atoms in total. The van der Waals surface area contributed by atoms with Gasteiger partial charge in [-0.1, -0.05) is 91.9 Å². The first-order chi connectivity index (χ1) is 14.3. The van der Waals surface area contributed by atoms with E-state index in [9.17, 15) is 0 Å². The van der Waals surface area contributed by atoms with E-state index in [0.29, 0.717) is 5.25 Å². The Morgan fingerprint density at radius 2 is 1.66 bits per heavy atom. The highest BCUT2D eigenvalue weighted by Gasteiger charge is 2.12. The van der Waals surface area contributed by atoms with Gasteiger partial charge < -0.3 is 0 Å². The van der Waals surface area contributed by atoms with Gasteiger partial charge in [0.15, 0.2) is 0 Å². The Kier molecular flexibility index (Phi) is 6.43. The van der Waals surface area contributed by atoms with E-state index in [-0.39, 0.29) is 0 Å². The average Bonchev–Trinajstić information content (AvgIpc) is 2.78. The SMILES string of the molecule is CCSC(Cc1ccccc1)c1cccc(/C=C/c2ccc3ccccc3n2)c1. The van der Waals surface area contributed by atoms with Gasteiger partial charge in [-0.25, -0.2) is 4.98 Å². The molecule has 0 fully saturated rings. The Morgan fingerprint density at radius 3 is 2.52 bits per heavy atom. The van der Waals surface area contributed by atoms with Gasteiger partial charge in [-0.15, -0.1) is 0 Å². The van der Waals surface area contributed by atoms with E-state index < -0.39 is 0 Å². The van der Waals surface area contributed by atoms with Crippen LogP contribution in [0.25, 0.3) is 23.1 Å². The van der Waals surface area contributed by atoms with Gasteiger partial charge in [0.2, 0.25) is 0 Å². The minimum Gasteiger partial charge on any atom is -0.248 e. The van der Waals surface area contributed by atoms with Crippen LogP contribution in [0.2, 0.25) is 0 Å². The van der Waals surface area contributed by atoms with Crippen molar-refractivity contribution in [3.63, 3.8) is 0 Å². The smallest absolute Gasteiger partial charge is 0.0709 e. The van der Waals surface area contributed by atoms with E-state index in [2.05, 4.69) is 97.9 Å². The molecular weight excluding hydrogens is 370 g/mol. The number of hydrogen-bond donors (Lipinski definition) is 0. The molecule has 0 saturated carbocycles. The Morgan fingerprint density at radius 1 is 0.828 bits per heavy atom. The molecule has 3 aromatic carbocycles. The molecule has 0 radical (unpaired) electrons. The molecule has 0 saturated heterocycles. The largest absolute Gasteiger partial charge is 0.248 e. The molecule has 0 amide bonds. The molecule has 0 N–H and O–H groups in total. The molecule has 144 valence electrons. The van der Waals surface area contributed by atoms with E-state index >= 15 is 0 Å². The molecule has 1 atom stereocenters. The molecule has 0 aliphatic carbocycles. The number of fused-ring (bicyclic) bond motifs is 1. The number of rotatable bonds is 7. The highest BCUT2D eigenvalue weighted by atomic mass is 32.2. The van der Waals surface area contributed by atoms with Crippen molar-refractivity contribution in [1.82, 2.24) is 4.98 Å². The summed E-state index contributed by atoms with van der Waals surface area (Å²) in [5.41, 5.74) is 6.00. The highest BCUT2D eigenvalue weighted by molar-refractivity contribution is 7.99. The highest BCUT2D eigenvalue weighted by Crippen LogP contribution is 2.33. The van der Waals surface area contributed by atoms with Crippen LogP contribution in [-0.2, 0) is 6.42 Å². The molecule has 0 aliphatic rings. The lowest BCUT2D eigenvalue weighted by Crippen LogP contribution is -2.00. The molecule has 1 heterocycles. The standard InChI is InChI=1S/C27H25NS/c1-2-29-27(20-21-9-4-3-5-10-21)24-13-8-11-22(19-24)15-17-25-18-16-23-12-6-7-14-26(23)28-25/h3-19,27H,2,20H2,1H3/b17-15+. The summed E-state index contributed by atoms with van der Waals surface area (Å²) >= 11 is 2.01. The fourth-order valence-electron chi connectivity index (χ4n) is 3.52. The summed E-state index contributed by atoms with van der Waals surface area (Å²) in [5.74, 6) is 1.11. The molecule has 0 spiro atoms. The van der Waals surface area contributed by atoms with Gasteiger partial charge in [0, 0.05) is 10.6 Å². The second-order valence-electron chi connectivity index (χ2n) is 7.07. The topological polar surface area (TPSA) is 12.9 Å². The molecule has 1 unspecified atom stereocenters. The van der Waals surface area contributed by atoms with Gasteiger partial charge in [0.05, 0.1) is 11.2 Å². The summed E-state index contributed by atoms with van der Waals surface area (Å²) in [6, 6.07) is 32.1. The Hall–Kier alpha value is -2.84. The van der Waals surface area contributed by atoms with E-state index in [1.54, 1.807) is 0 Å². The third-order valence-electron chi connectivity index (χ3n) is 4.98. The van der Waals surface area contributed by atoms with Crippen LogP contribution in [-0.4, -0.2) is 10.7 Å². The first-order valence-corrected chi connectivity index (χ1v) is 11.2. The van der Waals surface area contributed by atoms with Gasteiger partial charge in [-0.2, -0.15) is 11.8 Å². The van der Waals surface area contributed by atoms with Gasteiger partial charge in [0.1, 0.15) is 0 Å². The molecule has 4 aromatic rings. The molecule has 4 rings (SSSR count). The van der Waals surface area contributed by atoms with Gasteiger partial charge >= 0.3 is 0 Å². The summed E-state index contributed by atoms with van der Waals surface area (Å²) < 4.78 is 0. The monoisotopic (exact) mass is 395 g/mol. The number of thioether (sulfide) groups is 1. The third-order valence-corrected chi connectivity index (χ3v) is 6.16. The Bertz CT molecular complexity index is 1100. The van der Waals surface area contributed by atoms with Crippen LogP contribution in [0.1, 0.15) is 34.6 Å². The quantitative estimate of drug-likeness (QED) is 0.322. The third kappa shape index (κ3) is 5.16.